The van der Waals surface area contributed by atoms with Crippen LogP contribution in [0.3, 0.4) is 0 Å². The van der Waals surface area contributed by atoms with E-state index in [1.807, 2.05) is 0 Å². The van der Waals surface area contributed by atoms with Crippen LogP contribution in [-0.2, 0) is 50.3 Å². The van der Waals surface area contributed by atoms with Crippen molar-refractivity contribution in [3.8, 4) is 0 Å². The zero-order valence-corrected chi connectivity index (χ0v) is 6.84. The third-order valence-electron chi connectivity index (χ3n) is 0. The van der Waals surface area contributed by atoms with Crippen molar-refractivity contribution in [3.63, 3.8) is 0 Å². The van der Waals surface area contributed by atoms with Crippen LogP contribution in [0, 0.1) is 0 Å². The Morgan fingerprint density at radius 1 is 1.00 bits per heavy atom. The first-order chi connectivity index (χ1) is 0. The zero-order valence-electron chi connectivity index (χ0n) is 1.66. The fourth-order valence-corrected chi connectivity index (χ4v) is 0. The minimum Gasteiger partial charge on any atom is 0 e. The Hall–Kier alpha value is 2.78. The molecule has 0 saturated heterocycles. The van der Waals surface area contributed by atoms with Gasteiger partial charge in [0.05, 0.1) is 0 Å². The van der Waals surface area contributed by atoms with Crippen molar-refractivity contribution in [2.75, 3.05) is 0 Å². The molecule has 0 N–H and O–H groups in total. The van der Waals surface area contributed by atoms with Crippen molar-refractivity contribution in [1.82, 2.24) is 0 Å². The molecule has 4 heavy (non-hydrogen) atoms. The maximum absolute atomic E-state index is 0. The predicted octanol–water partition coefficient (Wildman–Crippen LogP) is -0.388. The van der Waals surface area contributed by atoms with Gasteiger partial charge in [-0.2, -0.15) is 0 Å². The van der Waals surface area contributed by atoms with E-state index in [-0.39, 0.29) is 88.1 Å². The van der Waals surface area contributed by atoms with Crippen molar-refractivity contribution in [1.29, 1.82) is 0 Å². The molecule has 0 spiro atoms. The standard InChI is InChI=1S/Ca.Co.Cu.Ni. The van der Waals surface area contributed by atoms with E-state index in [2.05, 4.69) is 0 Å². The smallest absolute Gasteiger partial charge is 0 e. The maximum Gasteiger partial charge on any atom is 0 e. The molecule has 0 aromatic heterocycles. The third kappa shape index (κ3) is 8.84. The monoisotopic (exact) mass is 220 g/mol. The molecule has 0 nitrogen and oxygen atoms in total. The quantitative estimate of drug-likeness (QED) is 0.489. The molecule has 0 unspecified atom stereocenters. The average molecular weight is 221 g/mol. The average Bonchev–Trinajstić information content (AvgIpc) is 0. The van der Waals surface area contributed by atoms with Gasteiger partial charge in [0.25, 0.3) is 0 Å². The molecule has 0 aliphatic rings. The van der Waals surface area contributed by atoms with Gasteiger partial charge in [-0.25, -0.2) is 0 Å². The molecule has 0 heterocycles. The van der Waals surface area contributed by atoms with Gasteiger partial charge in [0, 0.05) is 88.1 Å². The largest absolute Gasteiger partial charge is 0 e. The van der Waals surface area contributed by atoms with Crippen LogP contribution in [0.4, 0.5) is 0 Å². The minimum absolute atomic E-state index is 0. The fourth-order valence-electron chi connectivity index (χ4n) is 0. The molecule has 32 valence electrons. The first kappa shape index (κ1) is 29.3. The summed E-state index contributed by atoms with van der Waals surface area (Å²) in [6.45, 7) is 0. The van der Waals surface area contributed by atoms with Crippen LogP contribution in [0.1, 0.15) is 0 Å². The summed E-state index contributed by atoms with van der Waals surface area (Å²) in [5.41, 5.74) is 0. The van der Waals surface area contributed by atoms with Gasteiger partial charge in [-0.1, -0.05) is 0 Å². The van der Waals surface area contributed by atoms with E-state index in [0.29, 0.717) is 0 Å². The molecule has 0 aromatic rings. The van der Waals surface area contributed by atoms with E-state index in [9.17, 15) is 0 Å². The molecule has 0 bridgehead atoms. The summed E-state index contributed by atoms with van der Waals surface area (Å²) in [4.78, 5) is 0. The fraction of sp³-hybridized carbons (Fsp3) is 0. The van der Waals surface area contributed by atoms with Crippen LogP contribution in [0.25, 0.3) is 0 Å². The van der Waals surface area contributed by atoms with Gasteiger partial charge in [0.2, 0.25) is 0 Å². The second-order valence-electron chi connectivity index (χ2n) is 0. The van der Waals surface area contributed by atoms with Crippen LogP contribution in [-0.4, -0.2) is 37.7 Å². The summed E-state index contributed by atoms with van der Waals surface area (Å²) in [7, 11) is 0. The van der Waals surface area contributed by atoms with E-state index in [1.165, 1.54) is 0 Å². The maximum atomic E-state index is 0. The number of hydrogen-bond acceptors (Lipinski definition) is 0. The Morgan fingerprint density at radius 2 is 1.00 bits per heavy atom. The van der Waals surface area contributed by atoms with E-state index in [4.69, 9.17) is 0 Å². The molecule has 0 atom stereocenters. The Labute approximate surface area is 86.4 Å². The van der Waals surface area contributed by atoms with Gasteiger partial charge >= 0.3 is 0 Å². The summed E-state index contributed by atoms with van der Waals surface area (Å²) in [6, 6.07) is 0. The van der Waals surface area contributed by atoms with Gasteiger partial charge < -0.3 is 0 Å². The van der Waals surface area contributed by atoms with Crippen LogP contribution in [0.2, 0.25) is 0 Å². The molecule has 0 rings (SSSR count). The predicted molar refractivity (Wildman–Crippen MR) is 5.75 cm³/mol. The van der Waals surface area contributed by atoms with Gasteiger partial charge in [-0.3, -0.25) is 0 Å². The molecule has 0 aliphatic carbocycles. The zero-order chi connectivity index (χ0) is 0. The summed E-state index contributed by atoms with van der Waals surface area (Å²) in [6.07, 6.45) is 0. The number of rotatable bonds is 0. The van der Waals surface area contributed by atoms with E-state index < -0.39 is 0 Å². The van der Waals surface area contributed by atoms with E-state index >= 15 is 0 Å². The molecular weight excluding hydrogens is 221 g/mol. The van der Waals surface area contributed by atoms with E-state index in [1.54, 1.807) is 0 Å². The Kier molecular flexibility index (Phi) is 125. The Balaban J connectivity index is 0. The first-order valence-electron chi connectivity index (χ1n) is 0. The van der Waals surface area contributed by atoms with E-state index in [0.717, 1.165) is 0 Å². The number of hydrogen-bond donors (Lipinski definition) is 0. The first-order valence-corrected chi connectivity index (χ1v) is 0. The molecular formula is CaCoCuNi. The molecule has 4 radical (unpaired) electrons. The van der Waals surface area contributed by atoms with Gasteiger partial charge in [-0.05, 0) is 0 Å². The van der Waals surface area contributed by atoms with Crippen molar-refractivity contribution < 1.29 is 50.3 Å². The van der Waals surface area contributed by atoms with Crippen LogP contribution >= 0.6 is 0 Å². The molecule has 0 amide bonds. The molecule has 0 saturated carbocycles. The summed E-state index contributed by atoms with van der Waals surface area (Å²) in [5.74, 6) is 0. The second kappa shape index (κ2) is 17.1. The topological polar surface area (TPSA) is 0 Å². The van der Waals surface area contributed by atoms with Crippen LogP contribution in [0.5, 0.6) is 0 Å². The Bertz CT molecular complexity index is 8.00. The van der Waals surface area contributed by atoms with Gasteiger partial charge in [0.15, 0.2) is 0 Å². The second-order valence-corrected chi connectivity index (χ2v) is 0. The summed E-state index contributed by atoms with van der Waals surface area (Å²) >= 11 is 0. The van der Waals surface area contributed by atoms with Crippen molar-refractivity contribution in [3.05, 3.63) is 0 Å². The molecule has 0 aliphatic heterocycles. The van der Waals surface area contributed by atoms with Crippen LogP contribution < -0.4 is 0 Å². The summed E-state index contributed by atoms with van der Waals surface area (Å²) < 4.78 is 0. The molecule has 0 fully saturated rings. The van der Waals surface area contributed by atoms with Crippen molar-refractivity contribution >= 4 is 37.7 Å². The third-order valence-corrected chi connectivity index (χ3v) is 0. The van der Waals surface area contributed by atoms with Crippen molar-refractivity contribution in [2.45, 2.75) is 0 Å². The van der Waals surface area contributed by atoms with Crippen LogP contribution in [0.15, 0.2) is 0 Å². The van der Waals surface area contributed by atoms with Gasteiger partial charge in [0.1, 0.15) is 0 Å². The van der Waals surface area contributed by atoms with Gasteiger partial charge in [-0.15, -0.1) is 0 Å². The molecule has 0 aromatic carbocycles. The summed E-state index contributed by atoms with van der Waals surface area (Å²) in [5, 5.41) is 0. The Morgan fingerprint density at radius 3 is 1.00 bits per heavy atom. The molecule has 4 heteroatoms. The normalized spacial score (nSPS) is 0. The van der Waals surface area contributed by atoms with Crippen molar-refractivity contribution in [2.24, 2.45) is 0 Å². The SMILES string of the molecule is [Ca].[Co].[Cu].[Ni]. The minimum atomic E-state index is 0.